The van der Waals surface area contributed by atoms with E-state index in [0.29, 0.717) is 15.7 Å². The van der Waals surface area contributed by atoms with E-state index in [1.807, 2.05) is 12.1 Å². The molecular formula is C14H15ClN4OS. The number of nitrogens with one attached hydrogen (secondary N) is 2. The first-order valence-electron chi connectivity index (χ1n) is 6.70. The Kier molecular flexibility index (Phi) is 4.38. The first-order valence-corrected chi connectivity index (χ1v) is 7.96. The van der Waals surface area contributed by atoms with Crippen LogP contribution in [-0.4, -0.2) is 37.1 Å². The maximum Gasteiger partial charge on any atom is 0.268 e. The van der Waals surface area contributed by atoms with Crippen LogP contribution in [0.5, 0.6) is 0 Å². The van der Waals surface area contributed by atoms with Gasteiger partial charge in [-0.1, -0.05) is 11.6 Å². The van der Waals surface area contributed by atoms with Gasteiger partial charge in [0.25, 0.3) is 5.91 Å². The Bertz CT molecular complexity index is 622. The van der Waals surface area contributed by atoms with Crippen molar-refractivity contribution in [2.24, 2.45) is 0 Å². The fourth-order valence-corrected chi connectivity index (χ4v) is 3.23. The van der Waals surface area contributed by atoms with Gasteiger partial charge in [0.05, 0.1) is 16.9 Å². The lowest BCUT2D eigenvalue weighted by Gasteiger charge is -2.29. The predicted octanol–water partition coefficient (Wildman–Crippen LogP) is 2.46. The molecule has 0 spiro atoms. The number of carbonyl (C=O) groups is 1. The lowest BCUT2D eigenvalue weighted by atomic mass is 10.3. The van der Waals surface area contributed by atoms with Gasteiger partial charge < -0.3 is 15.5 Å². The van der Waals surface area contributed by atoms with Gasteiger partial charge in [-0.2, -0.15) is 0 Å². The molecule has 0 saturated carbocycles. The quantitative estimate of drug-likeness (QED) is 0.911. The van der Waals surface area contributed by atoms with E-state index in [-0.39, 0.29) is 5.91 Å². The van der Waals surface area contributed by atoms with Crippen LogP contribution >= 0.6 is 22.9 Å². The van der Waals surface area contributed by atoms with Crippen molar-refractivity contribution in [2.45, 2.75) is 0 Å². The van der Waals surface area contributed by atoms with Crippen LogP contribution in [0.2, 0.25) is 5.02 Å². The molecular weight excluding hydrogens is 308 g/mol. The third-order valence-electron chi connectivity index (χ3n) is 3.30. The molecule has 1 amide bonds. The number of anilines is 2. The standard InChI is InChI=1S/C14H15ClN4OS/c15-11-3-8-21-13(11)14(20)18-12-2-1-10(9-17-12)19-6-4-16-5-7-19/h1-3,8-9,16H,4-7H2,(H,17,18,20). The van der Waals surface area contributed by atoms with Gasteiger partial charge in [-0.15, -0.1) is 11.3 Å². The normalized spacial score (nSPS) is 15.0. The number of thiophene rings is 1. The lowest BCUT2D eigenvalue weighted by Crippen LogP contribution is -2.43. The summed E-state index contributed by atoms with van der Waals surface area (Å²) in [5, 5.41) is 8.33. The summed E-state index contributed by atoms with van der Waals surface area (Å²) in [6, 6.07) is 5.50. The van der Waals surface area contributed by atoms with Crippen molar-refractivity contribution in [1.29, 1.82) is 0 Å². The summed E-state index contributed by atoms with van der Waals surface area (Å²) in [5.41, 5.74) is 1.07. The molecule has 0 unspecified atom stereocenters. The van der Waals surface area contributed by atoms with Crippen molar-refractivity contribution in [2.75, 3.05) is 36.4 Å². The Morgan fingerprint density at radius 3 is 2.76 bits per heavy atom. The largest absolute Gasteiger partial charge is 0.368 e. The van der Waals surface area contributed by atoms with E-state index in [1.165, 1.54) is 11.3 Å². The van der Waals surface area contributed by atoms with E-state index < -0.39 is 0 Å². The fraction of sp³-hybridized carbons (Fsp3) is 0.286. The van der Waals surface area contributed by atoms with Crippen LogP contribution in [0.15, 0.2) is 29.8 Å². The maximum atomic E-state index is 12.0. The number of aromatic nitrogens is 1. The summed E-state index contributed by atoms with van der Waals surface area (Å²) >= 11 is 7.26. The molecule has 2 N–H and O–H groups in total. The van der Waals surface area contributed by atoms with Gasteiger partial charge in [0, 0.05) is 26.2 Å². The third-order valence-corrected chi connectivity index (χ3v) is 4.64. The van der Waals surface area contributed by atoms with Crippen LogP contribution in [0.1, 0.15) is 9.67 Å². The Hall–Kier alpha value is -1.63. The van der Waals surface area contributed by atoms with Gasteiger partial charge in [0.2, 0.25) is 0 Å². The zero-order valence-corrected chi connectivity index (χ0v) is 12.9. The number of piperazine rings is 1. The average molecular weight is 323 g/mol. The smallest absolute Gasteiger partial charge is 0.268 e. The van der Waals surface area contributed by atoms with Crippen LogP contribution in [0.4, 0.5) is 11.5 Å². The molecule has 21 heavy (non-hydrogen) atoms. The molecule has 2 aromatic heterocycles. The van der Waals surface area contributed by atoms with Crippen LogP contribution in [0, 0.1) is 0 Å². The summed E-state index contributed by atoms with van der Waals surface area (Å²) in [4.78, 5) is 19.1. The molecule has 1 aliphatic rings. The van der Waals surface area contributed by atoms with Gasteiger partial charge in [-0.25, -0.2) is 4.98 Å². The molecule has 0 bridgehead atoms. The fourth-order valence-electron chi connectivity index (χ4n) is 2.20. The first-order chi connectivity index (χ1) is 10.2. The third kappa shape index (κ3) is 3.34. The van der Waals surface area contributed by atoms with Crippen molar-refractivity contribution < 1.29 is 4.79 Å². The Morgan fingerprint density at radius 2 is 2.14 bits per heavy atom. The number of hydrogen-bond acceptors (Lipinski definition) is 5. The average Bonchev–Trinajstić information content (AvgIpc) is 2.95. The van der Waals surface area contributed by atoms with Crippen molar-refractivity contribution in [3.05, 3.63) is 39.7 Å². The van der Waals surface area contributed by atoms with E-state index in [0.717, 1.165) is 31.9 Å². The minimum atomic E-state index is -0.225. The second-order valence-corrected chi connectivity index (χ2v) is 6.01. The molecule has 1 fully saturated rings. The monoisotopic (exact) mass is 322 g/mol. The van der Waals surface area contributed by atoms with Crippen molar-refractivity contribution in [3.63, 3.8) is 0 Å². The second-order valence-electron chi connectivity index (χ2n) is 4.69. The highest BCUT2D eigenvalue weighted by Crippen LogP contribution is 2.23. The molecule has 7 heteroatoms. The van der Waals surface area contributed by atoms with Crippen molar-refractivity contribution in [1.82, 2.24) is 10.3 Å². The van der Waals surface area contributed by atoms with E-state index in [9.17, 15) is 4.79 Å². The molecule has 1 aliphatic heterocycles. The van der Waals surface area contributed by atoms with Gasteiger partial charge in [0.1, 0.15) is 10.7 Å². The SMILES string of the molecule is O=C(Nc1ccc(N2CCNCC2)cn1)c1sccc1Cl. The molecule has 0 radical (unpaired) electrons. The van der Waals surface area contributed by atoms with E-state index >= 15 is 0 Å². The molecule has 3 rings (SSSR count). The van der Waals surface area contributed by atoms with Crippen molar-refractivity contribution >= 4 is 40.4 Å². The van der Waals surface area contributed by atoms with Gasteiger partial charge in [0.15, 0.2) is 0 Å². The van der Waals surface area contributed by atoms with Crippen LogP contribution in [-0.2, 0) is 0 Å². The van der Waals surface area contributed by atoms with Crippen molar-refractivity contribution in [3.8, 4) is 0 Å². The summed E-state index contributed by atoms with van der Waals surface area (Å²) in [7, 11) is 0. The molecule has 1 saturated heterocycles. The highest BCUT2D eigenvalue weighted by molar-refractivity contribution is 7.12. The van der Waals surface area contributed by atoms with E-state index in [1.54, 1.807) is 17.6 Å². The Balaban J connectivity index is 1.67. The first kappa shape index (κ1) is 14.3. The predicted molar refractivity (Wildman–Crippen MR) is 86.6 cm³/mol. The summed E-state index contributed by atoms with van der Waals surface area (Å²) in [6.45, 7) is 3.90. The van der Waals surface area contributed by atoms with Crippen LogP contribution in [0.3, 0.4) is 0 Å². The molecule has 110 valence electrons. The second kappa shape index (κ2) is 6.43. The van der Waals surface area contributed by atoms with Gasteiger partial charge >= 0.3 is 0 Å². The zero-order chi connectivity index (χ0) is 14.7. The van der Waals surface area contributed by atoms with Crippen LogP contribution in [0.25, 0.3) is 0 Å². The van der Waals surface area contributed by atoms with Gasteiger partial charge in [-0.05, 0) is 23.6 Å². The zero-order valence-electron chi connectivity index (χ0n) is 11.3. The molecule has 5 nitrogen and oxygen atoms in total. The molecule has 0 atom stereocenters. The molecule has 0 aliphatic carbocycles. The Morgan fingerprint density at radius 1 is 1.33 bits per heavy atom. The maximum absolute atomic E-state index is 12.0. The number of carbonyl (C=O) groups excluding carboxylic acids is 1. The lowest BCUT2D eigenvalue weighted by molar-refractivity contribution is 0.103. The summed E-state index contributed by atoms with van der Waals surface area (Å²) in [6.07, 6.45) is 1.79. The number of nitrogens with zero attached hydrogens (tertiary/aromatic N) is 2. The summed E-state index contributed by atoms with van der Waals surface area (Å²) < 4.78 is 0. The van der Waals surface area contributed by atoms with E-state index in [2.05, 4.69) is 20.5 Å². The van der Waals surface area contributed by atoms with Crippen LogP contribution < -0.4 is 15.5 Å². The number of halogens is 1. The minimum absolute atomic E-state index is 0.225. The molecule has 2 aromatic rings. The highest BCUT2D eigenvalue weighted by Gasteiger charge is 2.14. The number of amides is 1. The molecule has 3 heterocycles. The number of rotatable bonds is 3. The summed E-state index contributed by atoms with van der Waals surface area (Å²) in [5.74, 6) is 0.306. The number of pyridine rings is 1. The van der Waals surface area contributed by atoms with Gasteiger partial charge in [-0.3, -0.25) is 4.79 Å². The highest BCUT2D eigenvalue weighted by atomic mass is 35.5. The number of hydrogen-bond donors (Lipinski definition) is 2. The minimum Gasteiger partial charge on any atom is -0.368 e. The topological polar surface area (TPSA) is 57.3 Å². The molecule has 0 aromatic carbocycles. The van der Waals surface area contributed by atoms with E-state index in [4.69, 9.17) is 11.6 Å². The Labute approximate surface area is 131 Å².